The topological polar surface area (TPSA) is 50.8 Å². The van der Waals surface area contributed by atoms with Crippen molar-refractivity contribution in [2.75, 3.05) is 37.8 Å². The molecule has 0 saturated carbocycles. The van der Waals surface area contributed by atoms with Gasteiger partial charge in [-0.05, 0) is 42.7 Å². The number of nitrogens with zero attached hydrogens (tertiary/aromatic N) is 1. The standard InChI is InChI=1S/C22H28N2O3/c1-17-4-3-5-18(2)22(17)27-13-10-21(25)23-16-19-6-8-20(9-7-19)24-11-14-26-15-12-24/h3-9H,10-16H2,1-2H3,(H,23,25). The molecule has 1 N–H and O–H groups in total. The number of nitrogens with one attached hydrogen (secondary N) is 1. The first-order valence-corrected chi connectivity index (χ1v) is 9.51. The number of rotatable bonds is 7. The molecule has 1 saturated heterocycles. The predicted octanol–water partition coefficient (Wildman–Crippen LogP) is 3.23. The zero-order valence-electron chi connectivity index (χ0n) is 16.2. The van der Waals surface area contributed by atoms with Crippen LogP contribution in [0, 0.1) is 13.8 Å². The number of morpholine rings is 1. The third-order valence-electron chi connectivity index (χ3n) is 4.79. The third kappa shape index (κ3) is 5.47. The number of carbonyl (C=O) groups excluding carboxylic acids is 1. The van der Waals surface area contributed by atoms with Crippen LogP contribution in [0.15, 0.2) is 42.5 Å². The number of amides is 1. The Hall–Kier alpha value is -2.53. The number of anilines is 1. The fraction of sp³-hybridized carbons (Fsp3) is 0.409. The molecule has 0 aliphatic carbocycles. The molecule has 1 aliphatic rings. The quantitative estimate of drug-likeness (QED) is 0.815. The van der Waals surface area contributed by atoms with E-state index in [-0.39, 0.29) is 5.91 Å². The van der Waals surface area contributed by atoms with E-state index >= 15 is 0 Å². The van der Waals surface area contributed by atoms with Crippen LogP contribution >= 0.6 is 0 Å². The van der Waals surface area contributed by atoms with Gasteiger partial charge in [-0.1, -0.05) is 30.3 Å². The Labute approximate surface area is 161 Å². The van der Waals surface area contributed by atoms with Crippen molar-refractivity contribution in [1.29, 1.82) is 0 Å². The Bertz CT molecular complexity index is 732. The summed E-state index contributed by atoms with van der Waals surface area (Å²) in [5.74, 6) is 0.877. The van der Waals surface area contributed by atoms with E-state index in [0.29, 0.717) is 19.6 Å². The summed E-state index contributed by atoms with van der Waals surface area (Å²) in [5.41, 5.74) is 4.48. The van der Waals surface area contributed by atoms with Crippen molar-refractivity contribution in [1.82, 2.24) is 5.32 Å². The summed E-state index contributed by atoms with van der Waals surface area (Å²) in [4.78, 5) is 14.4. The maximum absolute atomic E-state index is 12.1. The number of carbonyl (C=O) groups is 1. The van der Waals surface area contributed by atoms with Gasteiger partial charge in [0.25, 0.3) is 0 Å². The zero-order chi connectivity index (χ0) is 19.1. The highest BCUT2D eigenvalue weighted by atomic mass is 16.5. The van der Waals surface area contributed by atoms with E-state index in [1.165, 1.54) is 5.69 Å². The lowest BCUT2D eigenvalue weighted by atomic mass is 10.1. The van der Waals surface area contributed by atoms with Gasteiger partial charge in [-0.15, -0.1) is 0 Å². The van der Waals surface area contributed by atoms with E-state index < -0.39 is 0 Å². The average molecular weight is 368 g/mol. The van der Waals surface area contributed by atoms with Crippen LogP contribution in [0.5, 0.6) is 5.75 Å². The number of aryl methyl sites for hydroxylation is 2. The number of hydrogen-bond donors (Lipinski definition) is 1. The van der Waals surface area contributed by atoms with Crippen LogP contribution in [0.2, 0.25) is 0 Å². The van der Waals surface area contributed by atoms with Crippen molar-refractivity contribution < 1.29 is 14.3 Å². The molecular weight excluding hydrogens is 340 g/mol. The Balaban J connectivity index is 1.41. The second-order valence-electron chi connectivity index (χ2n) is 6.86. The first-order chi connectivity index (χ1) is 13.1. The molecule has 27 heavy (non-hydrogen) atoms. The van der Waals surface area contributed by atoms with E-state index in [4.69, 9.17) is 9.47 Å². The number of benzene rings is 2. The molecule has 5 heteroatoms. The minimum absolute atomic E-state index is 0.00140. The van der Waals surface area contributed by atoms with Gasteiger partial charge in [0.2, 0.25) is 5.91 Å². The van der Waals surface area contributed by atoms with Crippen LogP contribution in [0.4, 0.5) is 5.69 Å². The summed E-state index contributed by atoms with van der Waals surface area (Å²) in [6.07, 6.45) is 0.347. The largest absolute Gasteiger partial charge is 0.493 e. The lowest BCUT2D eigenvalue weighted by Gasteiger charge is -2.28. The summed E-state index contributed by atoms with van der Waals surface area (Å²) in [5, 5.41) is 2.96. The molecule has 0 atom stereocenters. The van der Waals surface area contributed by atoms with Crippen LogP contribution in [0.1, 0.15) is 23.1 Å². The van der Waals surface area contributed by atoms with Gasteiger partial charge in [-0.2, -0.15) is 0 Å². The minimum Gasteiger partial charge on any atom is -0.493 e. The zero-order valence-corrected chi connectivity index (χ0v) is 16.2. The molecular formula is C22H28N2O3. The summed E-state index contributed by atoms with van der Waals surface area (Å²) in [7, 11) is 0. The second kappa shape index (κ2) is 9.42. The summed E-state index contributed by atoms with van der Waals surface area (Å²) < 4.78 is 11.2. The molecule has 0 radical (unpaired) electrons. The summed E-state index contributed by atoms with van der Waals surface area (Å²) in [6.45, 7) is 8.36. The molecule has 5 nitrogen and oxygen atoms in total. The number of para-hydroxylation sites is 1. The van der Waals surface area contributed by atoms with Gasteiger partial charge < -0.3 is 19.7 Å². The fourth-order valence-corrected chi connectivity index (χ4v) is 3.21. The monoisotopic (exact) mass is 368 g/mol. The van der Waals surface area contributed by atoms with Crippen molar-refractivity contribution in [3.63, 3.8) is 0 Å². The van der Waals surface area contributed by atoms with E-state index in [1.54, 1.807) is 0 Å². The average Bonchev–Trinajstić information content (AvgIpc) is 2.70. The molecule has 1 fully saturated rings. The first kappa shape index (κ1) is 19.2. The Morgan fingerprint density at radius 3 is 2.41 bits per heavy atom. The molecule has 2 aromatic rings. The Kier molecular flexibility index (Phi) is 6.71. The van der Waals surface area contributed by atoms with Gasteiger partial charge >= 0.3 is 0 Å². The second-order valence-corrected chi connectivity index (χ2v) is 6.86. The normalized spacial score (nSPS) is 14.1. The van der Waals surface area contributed by atoms with Crippen LogP contribution in [-0.4, -0.2) is 38.8 Å². The van der Waals surface area contributed by atoms with Crippen LogP contribution in [0.25, 0.3) is 0 Å². The van der Waals surface area contributed by atoms with Gasteiger partial charge in [0.05, 0.1) is 26.2 Å². The van der Waals surface area contributed by atoms with E-state index in [9.17, 15) is 4.79 Å². The number of hydrogen-bond acceptors (Lipinski definition) is 4. The van der Waals surface area contributed by atoms with Crippen LogP contribution in [0.3, 0.4) is 0 Å². The van der Waals surface area contributed by atoms with E-state index in [2.05, 4.69) is 34.5 Å². The molecule has 0 unspecified atom stereocenters. The molecule has 1 aliphatic heterocycles. The summed E-state index contributed by atoms with van der Waals surface area (Å²) >= 11 is 0. The van der Waals surface area contributed by atoms with Gasteiger partial charge in [-0.3, -0.25) is 4.79 Å². The van der Waals surface area contributed by atoms with Crippen molar-refractivity contribution in [3.05, 3.63) is 59.2 Å². The molecule has 0 spiro atoms. The van der Waals surface area contributed by atoms with Gasteiger partial charge in [-0.25, -0.2) is 0 Å². The maximum atomic E-state index is 12.1. The Morgan fingerprint density at radius 1 is 1.07 bits per heavy atom. The fourth-order valence-electron chi connectivity index (χ4n) is 3.21. The molecule has 1 amide bonds. The lowest BCUT2D eigenvalue weighted by Crippen LogP contribution is -2.36. The number of ether oxygens (including phenoxy) is 2. The molecule has 0 bridgehead atoms. The van der Waals surface area contributed by atoms with Crippen LogP contribution in [-0.2, 0) is 16.1 Å². The minimum atomic E-state index is -0.00140. The smallest absolute Gasteiger partial charge is 0.223 e. The van der Waals surface area contributed by atoms with Crippen LogP contribution < -0.4 is 15.0 Å². The Morgan fingerprint density at radius 2 is 1.74 bits per heavy atom. The van der Waals surface area contributed by atoms with Crippen molar-refractivity contribution in [3.8, 4) is 5.75 Å². The lowest BCUT2D eigenvalue weighted by molar-refractivity contribution is -0.121. The van der Waals surface area contributed by atoms with Crippen molar-refractivity contribution >= 4 is 11.6 Å². The predicted molar refractivity (Wildman–Crippen MR) is 107 cm³/mol. The highest BCUT2D eigenvalue weighted by molar-refractivity contribution is 5.76. The van der Waals surface area contributed by atoms with Gasteiger partial charge in [0, 0.05) is 25.3 Å². The van der Waals surface area contributed by atoms with Gasteiger partial charge in [0.1, 0.15) is 5.75 Å². The molecule has 1 heterocycles. The van der Waals surface area contributed by atoms with Crippen molar-refractivity contribution in [2.24, 2.45) is 0 Å². The maximum Gasteiger partial charge on any atom is 0.223 e. The van der Waals surface area contributed by atoms with Crippen molar-refractivity contribution in [2.45, 2.75) is 26.8 Å². The first-order valence-electron chi connectivity index (χ1n) is 9.51. The highest BCUT2D eigenvalue weighted by Gasteiger charge is 2.11. The summed E-state index contributed by atoms with van der Waals surface area (Å²) in [6, 6.07) is 14.4. The molecule has 144 valence electrons. The SMILES string of the molecule is Cc1cccc(C)c1OCCC(=O)NCc1ccc(N2CCOCC2)cc1. The molecule has 2 aromatic carbocycles. The highest BCUT2D eigenvalue weighted by Crippen LogP contribution is 2.22. The molecule has 3 rings (SSSR count). The van der Waals surface area contributed by atoms with E-state index in [1.807, 2.05) is 32.0 Å². The molecule has 0 aromatic heterocycles. The third-order valence-corrected chi connectivity index (χ3v) is 4.79. The van der Waals surface area contributed by atoms with E-state index in [0.717, 1.165) is 48.7 Å². The van der Waals surface area contributed by atoms with Gasteiger partial charge in [0.15, 0.2) is 0 Å².